The van der Waals surface area contributed by atoms with Crippen molar-refractivity contribution < 1.29 is 9.50 Å². The van der Waals surface area contributed by atoms with Gasteiger partial charge >= 0.3 is 0 Å². The molecular formula is C12H10ClFN2O. The van der Waals surface area contributed by atoms with Gasteiger partial charge in [0.2, 0.25) is 0 Å². The van der Waals surface area contributed by atoms with Gasteiger partial charge in [-0.15, -0.1) is 0 Å². The summed E-state index contributed by atoms with van der Waals surface area (Å²) in [5, 5.41) is 10.0. The molecule has 1 aromatic heterocycles. The molecule has 0 fully saturated rings. The topological polar surface area (TPSA) is 59.1 Å². The molecule has 0 spiro atoms. The second-order valence-electron chi connectivity index (χ2n) is 3.55. The van der Waals surface area contributed by atoms with Crippen molar-refractivity contribution in [3.63, 3.8) is 0 Å². The van der Waals surface area contributed by atoms with Crippen LogP contribution in [0.1, 0.15) is 17.2 Å². The van der Waals surface area contributed by atoms with Gasteiger partial charge in [0.25, 0.3) is 0 Å². The highest BCUT2D eigenvalue weighted by molar-refractivity contribution is 6.30. The van der Waals surface area contributed by atoms with E-state index in [0.717, 1.165) is 0 Å². The quantitative estimate of drug-likeness (QED) is 0.864. The molecule has 0 radical (unpaired) electrons. The van der Waals surface area contributed by atoms with E-state index in [0.29, 0.717) is 11.3 Å². The predicted molar refractivity (Wildman–Crippen MR) is 64.1 cm³/mol. The number of benzene rings is 1. The average molecular weight is 253 g/mol. The molecule has 2 rings (SSSR count). The van der Waals surface area contributed by atoms with Gasteiger partial charge in [-0.1, -0.05) is 23.7 Å². The third-order valence-electron chi connectivity index (χ3n) is 2.46. The van der Waals surface area contributed by atoms with Gasteiger partial charge < -0.3 is 10.8 Å². The molecule has 2 aromatic rings. The number of pyridine rings is 1. The van der Waals surface area contributed by atoms with Crippen LogP contribution in [-0.4, -0.2) is 10.1 Å². The molecule has 0 amide bonds. The number of aliphatic hydroxyl groups is 1. The van der Waals surface area contributed by atoms with Crippen molar-refractivity contribution >= 4 is 17.3 Å². The lowest BCUT2D eigenvalue weighted by atomic mass is 10.0. The van der Waals surface area contributed by atoms with Gasteiger partial charge in [0.05, 0.1) is 5.02 Å². The number of rotatable bonds is 2. The lowest BCUT2D eigenvalue weighted by Crippen LogP contribution is -2.06. The number of hydrogen-bond donors (Lipinski definition) is 2. The summed E-state index contributed by atoms with van der Waals surface area (Å²) in [7, 11) is 0. The van der Waals surface area contributed by atoms with Crippen LogP contribution in [0, 0.1) is 5.82 Å². The number of aromatic nitrogens is 1. The Hall–Kier alpha value is -1.65. The Labute approximate surface area is 103 Å². The first-order chi connectivity index (χ1) is 8.11. The number of nitrogens with two attached hydrogens (primary N) is 1. The zero-order valence-electron chi connectivity index (χ0n) is 8.77. The summed E-state index contributed by atoms with van der Waals surface area (Å²) in [6.45, 7) is 0. The fourth-order valence-corrected chi connectivity index (χ4v) is 1.73. The molecule has 3 nitrogen and oxygen atoms in total. The molecule has 0 aliphatic carbocycles. The maximum Gasteiger partial charge on any atom is 0.147 e. The SMILES string of the molecule is Nc1ccncc1C(O)c1cccc(Cl)c1F. The predicted octanol–water partition coefficient (Wildman–Crippen LogP) is 2.54. The van der Waals surface area contributed by atoms with E-state index in [2.05, 4.69) is 4.98 Å². The normalized spacial score (nSPS) is 12.4. The number of nitrogens with zero attached hydrogens (tertiary/aromatic N) is 1. The van der Waals surface area contributed by atoms with Crippen molar-refractivity contribution in [1.82, 2.24) is 4.98 Å². The molecule has 0 saturated heterocycles. The number of anilines is 1. The molecule has 88 valence electrons. The second kappa shape index (κ2) is 4.69. The van der Waals surface area contributed by atoms with Gasteiger partial charge in [0, 0.05) is 29.2 Å². The fraction of sp³-hybridized carbons (Fsp3) is 0.0833. The van der Waals surface area contributed by atoms with E-state index in [9.17, 15) is 9.50 Å². The van der Waals surface area contributed by atoms with Gasteiger partial charge in [-0.2, -0.15) is 0 Å². The summed E-state index contributed by atoms with van der Waals surface area (Å²) in [4.78, 5) is 3.85. The van der Waals surface area contributed by atoms with Crippen molar-refractivity contribution in [1.29, 1.82) is 0 Å². The summed E-state index contributed by atoms with van der Waals surface area (Å²) in [5.41, 5.74) is 6.48. The van der Waals surface area contributed by atoms with E-state index in [1.807, 2.05) is 0 Å². The summed E-state index contributed by atoms with van der Waals surface area (Å²) in [5.74, 6) is -0.648. The second-order valence-corrected chi connectivity index (χ2v) is 3.96. The standard InChI is InChI=1S/C12H10ClFN2O/c13-9-3-1-2-7(11(9)14)12(17)8-6-16-5-4-10(8)15/h1-6,12,17H,(H2,15,16). The number of hydrogen-bond acceptors (Lipinski definition) is 3. The van der Waals surface area contributed by atoms with Gasteiger partial charge in [0.1, 0.15) is 11.9 Å². The van der Waals surface area contributed by atoms with Crippen LogP contribution >= 0.6 is 11.6 Å². The van der Waals surface area contributed by atoms with Gasteiger partial charge in [-0.25, -0.2) is 4.39 Å². The zero-order chi connectivity index (χ0) is 12.4. The van der Waals surface area contributed by atoms with Crippen LogP contribution < -0.4 is 5.73 Å². The smallest absolute Gasteiger partial charge is 0.147 e. The molecule has 3 N–H and O–H groups in total. The zero-order valence-corrected chi connectivity index (χ0v) is 9.53. The molecule has 5 heteroatoms. The number of halogens is 2. The minimum atomic E-state index is -1.18. The summed E-state index contributed by atoms with van der Waals surface area (Å²) >= 11 is 5.65. The van der Waals surface area contributed by atoms with Crippen molar-refractivity contribution in [2.75, 3.05) is 5.73 Å². The lowest BCUT2D eigenvalue weighted by Gasteiger charge is -2.14. The van der Waals surface area contributed by atoms with E-state index in [-0.39, 0.29) is 10.6 Å². The largest absolute Gasteiger partial charge is 0.398 e. The van der Waals surface area contributed by atoms with Crippen LogP contribution in [0.3, 0.4) is 0 Å². The van der Waals surface area contributed by atoms with Gasteiger partial charge in [-0.05, 0) is 12.1 Å². The van der Waals surface area contributed by atoms with Crippen molar-refractivity contribution in [2.45, 2.75) is 6.10 Å². The molecule has 0 aliphatic rings. The Bertz CT molecular complexity index is 548. The molecule has 1 heterocycles. The first kappa shape index (κ1) is 11.8. The molecule has 1 unspecified atom stereocenters. The van der Waals surface area contributed by atoms with Crippen LogP contribution in [0.15, 0.2) is 36.7 Å². The van der Waals surface area contributed by atoms with E-state index in [1.54, 1.807) is 12.1 Å². The Balaban J connectivity index is 2.48. The van der Waals surface area contributed by atoms with Crippen LogP contribution in [-0.2, 0) is 0 Å². The molecule has 0 aliphatic heterocycles. The highest BCUT2D eigenvalue weighted by Gasteiger charge is 2.18. The third kappa shape index (κ3) is 2.23. The Morgan fingerprint density at radius 1 is 1.29 bits per heavy atom. The minimum absolute atomic E-state index is 0.0380. The summed E-state index contributed by atoms with van der Waals surface area (Å²) in [6, 6.07) is 5.98. The van der Waals surface area contributed by atoms with Crippen molar-refractivity contribution in [3.8, 4) is 0 Å². The molecule has 17 heavy (non-hydrogen) atoms. The van der Waals surface area contributed by atoms with E-state index in [4.69, 9.17) is 17.3 Å². The lowest BCUT2D eigenvalue weighted by molar-refractivity contribution is 0.215. The Morgan fingerprint density at radius 3 is 2.76 bits per heavy atom. The number of aliphatic hydroxyl groups excluding tert-OH is 1. The van der Waals surface area contributed by atoms with Crippen LogP contribution in [0.25, 0.3) is 0 Å². The summed E-state index contributed by atoms with van der Waals surface area (Å²) in [6.07, 6.45) is 1.72. The van der Waals surface area contributed by atoms with E-state index < -0.39 is 11.9 Å². The maximum absolute atomic E-state index is 13.7. The van der Waals surface area contributed by atoms with Crippen LogP contribution in [0.4, 0.5) is 10.1 Å². The van der Waals surface area contributed by atoms with Crippen LogP contribution in [0.2, 0.25) is 5.02 Å². The number of nitrogen functional groups attached to an aromatic ring is 1. The maximum atomic E-state index is 13.7. The molecule has 1 aromatic carbocycles. The first-order valence-corrected chi connectivity index (χ1v) is 5.30. The minimum Gasteiger partial charge on any atom is -0.398 e. The van der Waals surface area contributed by atoms with E-state index >= 15 is 0 Å². The molecular weight excluding hydrogens is 243 g/mol. The van der Waals surface area contributed by atoms with Gasteiger partial charge in [0.15, 0.2) is 0 Å². The highest BCUT2D eigenvalue weighted by atomic mass is 35.5. The van der Waals surface area contributed by atoms with Crippen molar-refractivity contribution in [2.24, 2.45) is 0 Å². The molecule has 0 saturated carbocycles. The van der Waals surface area contributed by atoms with Crippen molar-refractivity contribution in [3.05, 3.63) is 58.6 Å². The third-order valence-corrected chi connectivity index (χ3v) is 2.75. The Morgan fingerprint density at radius 2 is 2.06 bits per heavy atom. The molecule has 0 bridgehead atoms. The van der Waals surface area contributed by atoms with E-state index in [1.165, 1.54) is 24.5 Å². The first-order valence-electron chi connectivity index (χ1n) is 4.92. The summed E-state index contributed by atoms with van der Waals surface area (Å²) < 4.78 is 13.7. The molecule has 1 atom stereocenters. The highest BCUT2D eigenvalue weighted by Crippen LogP contribution is 2.30. The van der Waals surface area contributed by atoms with Crippen LogP contribution in [0.5, 0.6) is 0 Å². The monoisotopic (exact) mass is 252 g/mol. The Kier molecular flexibility index (Phi) is 3.26. The van der Waals surface area contributed by atoms with Gasteiger partial charge in [-0.3, -0.25) is 4.98 Å². The fourth-order valence-electron chi connectivity index (χ4n) is 1.55. The average Bonchev–Trinajstić information content (AvgIpc) is 2.32.